The standard InChI is InChI=1S/C18H17N3O9S/c1-4-29-17(23)13-9(3)14(18(24)30-5-2)31-16(13)19-15(22)10-6-11(20(25)26)8-12(7-10)21(27)28/h6-8H,4-5H2,1-3H3,(H,19,22). The molecule has 1 heterocycles. The summed E-state index contributed by atoms with van der Waals surface area (Å²) in [6.07, 6.45) is 0. The van der Waals surface area contributed by atoms with Gasteiger partial charge in [-0.05, 0) is 26.3 Å². The molecule has 0 spiro atoms. The van der Waals surface area contributed by atoms with Crippen molar-refractivity contribution in [3.8, 4) is 0 Å². The number of esters is 2. The van der Waals surface area contributed by atoms with Gasteiger partial charge in [-0.3, -0.25) is 25.0 Å². The number of ether oxygens (including phenoxy) is 2. The number of carbonyl (C=O) groups excluding carboxylic acids is 3. The lowest BCUT2D eigenvalue weighted by molar-refractivity contribution is -0.394. The van der Waals surface area contributed by atoms with Crippen molar-refractivity contribution in [2.24, 2.45) is 0 Å². The van der Waals surface area contributed by atoms with Crippen LogP contribution in [0.15, 0.2) is 18.2 Å². The van der Waals surface area contributed by atoms with Gasteiger partial charge in [-0.1, -0.05) is 0 Å². The highest BCUT2D eigenvalue weighted by Gasteiger charge is 2.28. The van der Waals surface area contributed by atoms with Crippen LogP contribution in [-0.2, 0) is 9.47 Å². The summed E-state index contributed by atoms with van der Waals surface area (Å²) in [5.41, 5.74) is -1.54. The van der Waals surface area contributed by atoms with Crippen LogP contribution in [0, 0.1) is 27.2 Å². The molecule has 1 N–H and O–H groups in total. The monoisotopic (exact) mass is 451 g/mol. The summed E-state index contributed by atoms with van der Waals surface area (Å²) in [7, 11) is 0. The molecule has 13 heteroatoms. The smallest absolute Gasteiger partial charge is 0.348 e. The summed E-state index contributed by atoms with van der Waals surface area (Å²) in [6.45, 7) is 4.78. The van der Waals surface area contributed by atoms with E-state index in [0.29, 0.717) is 0 Å². The van der Waals surface area contributed by atoms with Gasteiger partial charge in [-0.15, -0.1) is 11.3 Å². The highest BCUT2D eigenvalue weighted by molar-refractivity contribution is 7.18. The van der Waals surface area contributed by atoms with Crippen molar-refractivity contribution in [2.45, 2.75) is 20.8 Å². The molecular weight excluding hydrogens is 434 g/mol. The first-order chi connectivity index (χ1) is 14.6. The predicted octanol–water partition coefficient (Wildman–Crippen LogP) is 3.48. The van der Waals surface area contributed by atoms with E-state index in [1.54, 1.807) is 13.8 Å². The third kappa shape index (κ3) is 5.19. The fourth-order valence-electron chi connectivity index (χ4n) is 2.55. The van der Waals surface area contributed by atoms with E-state index in [4.69, 9.17) is 9.47 Å². The fraction of sp³-hybridized carbons (Fsp3) is 0.278. The van der Waals surface area contributed by atoms with Crippen molar-refractivity contribution < 1.29 is 33.7 Å². The number of carbonyl (C=O) groups is 3. The van der Waals surface area contributed by atoms with Gasteiger partial charge in [0.1, 0.15) is 9.88 Å². The molecule has 1 aromatic carbocycles. The van der Waals surface area contributed by atoms with Gasteiger partial charge in [-0.25, -0.2) is 9.59 Å². The molecule has 164 valence electrons. The lowest BCUT2D eigenvalue weighted by Gasteiger charge is -2.07. The molecule has 0 aliphatic rings. The van der Waals surface area contributed by atoms with Crippen molar-refractivity contribution in [3.05, 3.63) is 60.0 Å². The predicted molar refractivity (Wildman–Crippen MR) is 109 cm³/mol. The van der Waals surface area contributed by atoms with E-state index in [0.717, 1.165) is 29.5 Å². The van der Waals surface area contributed by atoms with Crippen molar-refractivity contribution in [2.75, 3.05) is 18.5 Å². The summed E-state index contributed by atoms with van der Waals surface area (Å²) in [5, 5.41) is 24.4. The third-order valence-electron chi connectivity index (χ3n) is 3.90. The number of rotatable bonds is 8. The third-order valence-corrected chi connectivity index (χ3v) is 5.09. The molecule has 2 rings (SSSR count). The van der Waals surface area contributed by atoms with Crippen LogP contribution in [0.25, 0.3) is 0 Å². The van der Waals surface area contributed by atoms with E-state index >= 15 is 0 Å². The summed E-state index contributed by atoms with van der Waals surface area (Å²) in [6, 6.07) is 2.44. The molecule has 0 atom stereocenters. The largest absolute Gasteiger partial charge is 0.462 e. The van der Waals surface area contributed by atoms with Crippen LogP contribution in [-0.4, -0.2) is 40.9 Å². The first-order valence-electron chi connectivity index (χ1n) is 8.83. The van der Waals surface area contributed by atoms with Gasteiger partial charge in [0.25, 0.3) is 17.3 Å². The minimum atomic E-state index is -0.950. The molecule has 0 saturated carbocycles. The fourth-order valence-corrected chi connectivity index (χ4v) is 3.64. The second-order valence-electron chi connectivity index (χ2n) is 5.91. The van der Waals surface area contributed by atoms with Crippen LogP contribution in [0.4, 0.5) is 16.4 Å². The minimum Gasteiger partial charge on any atom is -0.462 e. The number of nitro benzene ring substituents is 2. The van der Waals surface area contributed by atoms with Gasteiger partial charge in [0.15, 0.2) is 0 Å². The summed E-state index contributed by atoms with van der Waals surface area (Å²) >= 11 is 0.757. The zero-order valence-corrected chi connectivity index (χ0v) is 17.4. The molecule has 1 aromatic heterocycles. The van der Waals surface area contributed by atoms with Gasteiger partial charge in [0.05, 0.1) is 40.3 Å². The SMILES string of the molecule is CCOC(=O)c1sc(NC(=O)c2cc([N+](=O)[O-])cc([N+](=O)[O-])c2)c(C(=O)OCC)c1C. The number of hydrogen-bond donors (Lipinski definition) is 1. The molecule has 0 unspecified atom stereocenters. The highest BCUT2D eigenvalue weighted by atomic mass is 32.1. The first kappa shape index (κ1) is 23.4. The Bertz CT molecular complexity index is 1050. The van der Waals surface area contributed by atoms with E-state index in [1.165, 1.54) is 6.92 Å². The number of non-ortho nitro benzene ring substituents is 2. The topological polar surface area (TPSA) is 168 Å². The summed E-state index contributed by atoms with van der Waals surface area (Å²) in [5.74, 6) is -2.46. The average Bonchev–Trinajstić information content (AvgIpc) is 3.03. The van der Waals surface area contributed by atoms with E-state index in [1.807, 2.05) is 0 Å². The molecule has 0 saturated heterocycles. The number of nitro groups is 2. The molecule has 1 amide bonds. The van der Waals surface area contributed by atoms with Gasteiger partial charge < -0.3 is 14.8 Å². The number of thiophene rings is 1. The molecule has 0 aliphatic carbocycles. The Balaban J connectivity index is 2.52. The molecular formula is C18H17N3O9S. The maximum Gasteiger partial charge on any atom is 0.348 e. The Morgan fingerprint density at radius 1 is 0.968 bits per heavy atom. The van der Waals surface area contributed by atoms with Gasteiger partial charge >= 0.3 is 11.9 Å². The van der Waals surface area contributed by atoms with E-state index in [2.05, 4.69) is 5.32 Å². The van der Waals surface area contributed by atoms with Crippen LogP contribution in [0.3, 0.4) is 0 Å². The zero-order valence-electron chi connectivity index (χ0n) is 16.6. The van der Waals surface area contributed by atoms with E-state index in [9.17, 15) is 34.6 Å². The van der Waals surface area contributed by atoms with Gasteiger partial charge in [0, 0.05) is 12.1 Å². The van der Waals surface area contributed by atoms with Crippen LogP contribution >= 0.6 is 11.3 Å². The number of benzene rings is 1. The van der Waals surface area contributed by atoms with Crippen molar-refractivity contribution in [1.82, 2.24) is 0 Å². The molecule has 0 aliphatic heterocycles. The molecule has 0 fully saturated rings. The van der Waals surface area contributed by atoms with Crippen LogP contribution in [0.5, 0.6) is 0 Å². The highest BCUT2D eigenvalue weighted by Crippen LogP contribution is 2.35. The van der Waals surface area contributed by atoms with Crippen molar-refractivity contribution in [3.63, 3.8) is 0 Å². The Kier molecular flexibility index (Phi) is 7.37. The second-order valence-corrected chi connectivity index (χ2v) is 6.93. The molecule has 31 heavy (non-hydrogen) atoms. The molecule has 0 radical (unpaired) electrons. The lowest BCUT2D eigenvalue weighted by atomic mass is 10.1. The quantitative estimate of drug-likeness (QED) is 0.359. The van der Waals surface area contributed by atoms with Crippen LogP contribution < -0.4 is 5.32 Å². The lowest BCUT2D eigenvalue weighted by Crippen LogP contribution is -2.15. The second kappa shape index (κ2) is 9.75. The van der Waals surface area contributed by atoms with Crippen LogP contribution in [0.2, 0.25) is 0 Å². The summed E-state index contributed by atoms with van der Waals surface area (Å²) in [4.78, 5) is 57.7. The first-order valence-corrected chi connectivity index (χ1v) is 9.65. The normalized spacial score (nSPS) is 10.3. The summed E-state index contributed by atoms with van der Waals surface area (Å²) < 4.78 is 9.92. The molecule has 12 nitrogen and oxygen atoms in total. The number of nitrogens with one attached hydrogen (secondary N) is 1. The number of amides is 1. The zero-order chi connectivity index (χ0) is 23.3. The Hall–Kier alpha value is -3.87. The minimum absolute atomic E-state index is 0.0350. The van der Waals surface area contributed by atoms with E-state index in [-0.39, 0.29) is 39.8 Å². The Labute approximate surface area is 179 Å². The van der Waals surface area contributed by atoms with Crippen molar-refractivity contribution >= 4 is 45.6 Å². The maximum atomic E-state index is 12.7. The molecule has 0 bridgehead atoms. The van der Waals surface area contributed by atoms with Crippen LogP contribution in [0.1, 0.15) is 49.8 Å². The van der Waals surface area contributed by atoms with Gasteiger partial charge in [0.2, 0.25) is 0 Å². The Morgan fingerprint density at radius 2 is 1.48 bits per heavy atom. The van der Waals surface area contributed by atoms with Gasteiger partial charge in [-0.2, -0.15) is 0 Å². The number of hydrogen-bond acceptors (Lipinski definition) is 10. The number of nitrogens with zero attached hydrogens (tertiary/aromatic N) is 2. The van der Waals surface area contributed by atoms with E-state index < -0.39 is 39.1 Å². The maximum absolute atomic E-state index is 12.7. The number of anilines is 1. The molecule has 2 aromatic rings. The van der Waals surface area contributed by atoms with Crippen molar-refractivity contribution in [1.29, 1.82) is 0 Å². The average molecular weight is 451 g/mol. The Morgan fingerprint density at radius 3 is 1.97 bits per heavy atom.